The minimum Gasteiger partial charge on any atom is -0.423 e. The number of hydrazone groups is 1. The van der Waals surface area contributed by atoms with Gasteiger partial charge in [0.05, 0.1) is 23.1 Å². The molecule has 0 heterocycles. The van der Waals surface area contributed by atoms with Crippen LogP contribution in [0.4, 0.5) is 5.69 Å². The summed E-state index contributed by atoms with van der Waals surface area (Å²) in [5, 5.41) is 15.0. The van der Waals surface area contributed by atoms with Crippen LogP contribution in [0.2, 0.25) is 5.02 Å². The third-order valence-corrected chi connectivity index (χ3v) is 4.34. The smallest absolute Gasteiger partial charge is 0.343 e. The number of nitro groups is 1. The summed E-state index contributed by atoms with van der Waals surface area (Å²) in [6.07, 6.45) is 1.48. The summed E-state index contributed by atoms with van der Waals surface area (Å²) in [7, 11) is 0. The van der Waals surface area contributed by atoms with Crippen molar-refractivity contribution in [3.8, 4) is 5.75 Å². The van der Waals surface area contributed by atoms with E-state index >= 15 is 0 Å². The van der Waals surface area contributed by atoms with Crippen LogP contribution >= 0.6 is 11.6 Å². The SMILES string of the molecule is O=C(Cc1ccc([N+](=O)[O-])cc1)N/N=C/c1ccc(OC(=O)c2ccc(Cl)cc2)cc1. The first-order valence-electron chi connectivity index (χ1n) is 9.04. The highest BCUT2D eigenvalue weighted by Gasteiger charge is 2.09. The van der Waals surface area contributed by atoms with Crippen LogP contribution in [0.3, 0.4) is 0 Å². The van der Waals surface area contributed by atoms with E-state index in [1.807, 2.05) is 0 Å². The Bertz CT molecular complexity index is 1110. The first-order chi connectivity index (χ1) is 14.9. The minimum atomic E-state index is -0.503. The summed E-state index contributed by atoms with van der Waals surface area (Å²) in [4.78, 5) is 34.2. The molecule has 0 aliphatic heterocycles. The van der Waals surface area contributed by atoms with Gasteiger partial charge in [-0.1, -0.05) is 23.7 Å². The van der Waals surface area contributed by atoms with Gasteiger partial charge in [0, 0.05) is 17.2 Å². The molecule has 0 aliphatic rings. The number of halogens is 1. The molecule has 0 bridgehead atoms. The van der Waals surface area contributed by atoms with Crippen LogP contribution in [0.25, 0.3) is 0 Å². The Labute approximate surface area is 182 Å². The van der Waals surface area contributed by atoms with Gasteiger partial charge < -0.3 is 4.74 Å². The molecule has 0 atom stereocenters. The van der Waals surface area contributed by atoms with Gasteiger partial charge in [-0.2, -0.15) is 5.10 Å². The highest BCUT2D eigenvalue weighted by molar-refractivity contribution is 6.30. The summed E-state index contributed by atoms with van der Waals surface area (Å²) in [5.74, 6) is -0.505. The van der Waals surface area contributed by atoms with E-state index in [9.17, 15) is 19.7 Å². The first kappa shape index (κ1) is 21.7. The van der Waals surface area contributed by atoms with Crippen molar-refractivity contribution in [2.45, 2.75) is 6.42 Å². The average molecular weight is 438 g/mol. The van der Waals surface area contributed by atoms with E-state index < -0.39 is 10.9 Å². The Morgan fingerprint density at radius 2 is 1.65 bits per heavy atom. The number of hydrogen-bond donors (Lipinski definition) is 1. The van der Waals surface area contributed by atoms with E-state index in [0.717, 1.165) is 0 Å². The maximum atomic E-state index is 12.1. The minimum absolute atomic E-state index is 0.0366. The second kappa shape index (κ2) is 10.1. The lowest BCUT2D eigenvalue weighted by Gasteiger charge is -2.05. The zero-order chi connectivity index (χ0) is 22.2. The summed E-state index contributed by atoms with van der Waals surface area (Å²) in [5.41, 5.74) is 4.05. The number of esters is 1. The number of nitro benzene ring substituents is 1. The number of non-ortho nitro benzene ring substituents is 1. The zero-order valence-electron chi connectivity index (χ0n) is 16.0. The van der Waals surface area contributed by atoms with Crippen LogP contribution in [0.1, 0.15) is 21.5 Å². The number of nitrogens with zero attached hydrogens (tertiary/aromatic N) is 2. The third-order valence-electron chi connectivity index (χ3n) is 4.09. The van der Waals surface area contributed by atoms with E-state index in [-0.39, 0.29) is 18.0 Å². The standard InChI is InChI=1S/C22H16ClN3O5/c23-18-7-5-17(6-8-18)22(28)31-20-11-3-16(4-12-20)14-24-25-21(27)13-15-1-9-19(10-2-15)26(29)30/h1-12,14H,13H2,(H,25,27)/b24-14+. The molecule has 0 radical (unpaired) electrons. The third kappa shape index (κ3) is 6.48. The fraction of sp³-hybridized carbons (Fsp3) is 0.0455. The number of carbonyl (C=O) groups excluding carboxylic acids is 2. The van der Waals surface area contributed by atoms with Crippen molar-refractivity contribution in [2.24, 2.45) is 5.10 Å². The molecule has 3 aromatic carbocycles. The summed E-state index contributed by atoms with van der Waals surface area (Å²) in [6.45, 7) is 0. The molecule has 0 spiro atoms. The maximum absolute atomic E-state index is 12.1. The molecule has 156 valence electrons. The number of benzene rings is 3. The van der Waals surface area contributed by atoms with Crippen LogP contribution in [0.5, 0.6) is 5.75 Å². The molecule has 0 unspecified atom stereocenters. The number of hydrogen-bond acceptors (Lipinski definition) is 6. The van der Waals surface area contributed by atoms with Gasteiger partial charge in [-0.05, 0) is 59.7 Å². The quantitative estimate of drug-likeness (QED) is 0.196. The number of ether oxygens (including phenoxy) is 1. The number of nitrogens with one attached hydrogen (secondary N) is 1. The predicted molar refractivity (Wildman–Crippen MR) is 115 cm³/mol. The van der Waals surface area contributed by atoms with E-state index in [1.165, 1.54) is 30.5 Å². The first-order valence-corrected chi connectivity index (χ1v) is 9.41. The summed E-state index contributed by atoms with van der Waals surface area (Å²) >= 11 is 5.80. The maximum Gasteiger partial charge on any atom is 0.343 e. The van der Waals surface area contributed by atoms with Gasteiger partial charge in [0.2, 0.25) is 5.91 Å². The van der Waals surface area contributed by atoms with Crippen LogP contribution in [0.15, 0.2) is 77.9 Å². The number of amides is 1. The Balaban J connectivity index is 1.49. The van der Waals surface area contributed by atoms with Crippen LogP contribution in [-0.2, 0) is 11.2 Å². The van der Waals surface area contributed by atoms with E-state index in [4.69, 9.17) is 16.3 Å². The van der Waals surface area contributed by atoms with Crippen LogP contribution in [0, 0.1) is 10.1 Å². The Hall–Kier alpha value is -4.04. The Kier molecular flexibility index (Phi) is 7.08. The van der Waals surface area contributed by atoms with Crippen molar-refractivity contribution in [3.05, 3.63) is 105 Å². The lowest BCUT2D eigenvalue weighted by molar-refractivity contribution is -0.384. The second-order valence-corrected chi connectivity index (χ2v) is 6.80. The lowest BCUT2D eigenvalue weighted by atomic mass is 10.1. The molecule has 3 rings (SSSR count). The topological polar surface area (TPSA) is 111 Å². The van der Waals surface area contributed by atoms with E-state index in [0.29, 0.717) is 27.5 Å². The molecule has 31 heavy (non-hydrogen) atoms. The molecule has 3 aromatic rings. The van der Waals surface area contributed by atoms with E-state index in [1.54, 1.807) is 48.5 Å². The second-order valence-electron chi connectivity index (χ2n) is 6.36. The van der Waals surface area contributed by atoms with Gasteiger partial charge in [0.15, 0.2) is 0 Å². The summed E-state index contributed by atoms with van der Waals surface area (Å²) in [6, 6.07) is 18.6. The normalized spacial score (nSPS) is 10.6. The van der Waals surface area contributed by atoms with Crippen molar-refractivity contribution >= 4 is 35.4 Å². The molecule has 1 N–H and O–H groups in total. The molecule has 0 fully saturated rings. The molecule has 0 saturated heterocycles. The van der Waals surface area contributed by atoms with Gasteiger partial charge in [-0.3, -0.25) is 14.9 Å². The molecule has 1 amide bonds. The highest BCUT2D eigenvalue weighted by Crippen LogP contribution is 2.15. The molecule has 0 aliphatic carbocycles. The Morgan fingerprint density at radius 3 is 2.26 bits per heavy atom. The highest BCUT2D eigenvalue weighted by atomic mass is 35.5. The molecule has 0 aromatic heterocycles. The van der Waals surface area contributed by atoms with Crippen LogP contribution in [-0.4, -0.2) is 23.0 Å². The average Bonchev–Trinajstić information content (AvgIpc) is 2.76. The van der Waals surface area contributed by atoms with Crippen LogP contribution < -0.4 is 10.2 Å². The zero-order valence-corrected chi connectivity index (χ0v) is 16.8. The van der Waals surface area contributed by atoms with Gasteiger partial charge >= 0.3 is 5.97 Å². The predicted octanol–water partition coefficient (Wildman–Crippen LogP) is 4.16. The summed E-state index contributed by atoms with van der Waals surface area (Å²) < 4.78 is 5.29. The molecule has 8 nitrogen and oxygen atoms in total. The van der Waals surface area contributed by atoms with Gasteiger partial charge in [0.25, 0.3) is 5.69 Å². The fourth-order valence-corrected chi connectivity index (χ4v) is 2.64. The number of rotatable bonds is 7. The van der Waals surface area contributed by atoms with Gasteiger partial charge in [-0.25, -0.2) is 10.2 Å². The van der Waals surface area contributed by atoms with Crippen molar-refractivity contribution in [3.63, 3.8) is 0 Å². The van der Waals surface area contributed by atoms with Crippen molar-refractivity contribution in [2.75, 3.05) is 0 Å². The van der Waals surface area contributed by atoms with Crippen molar-refractivity contribution in [1.29, 1.82) is 0 Å². The molecule has 9 heteroatoms. The molecular formula is C22H16ClN3O5. The number of carbonyl (C=O) groups is 2. The molecular weight excluding hydrogens is 422 g/mol. The van der Waals surface area contributed by atoms with E-state index in [2.05, 4.69) is 10.5 Å². The van der Waals surface area contributed by atoms with Crippen molar-refractivity contribution < 1.29 is 19.2 Å². The van der Waals surface area contributed by atoms with Crippen molar-refractivity contribution in [1.82, 2.24) is 5.43 Å². The largest absolute Gasteiger partial charge is 0.423 e. The van der Waals surface area contributed by atoms with Gasteiger partial charge in [0.1, 0.15) is 5.75 Å². The Morgan fingerprint density at radius 1 is 1.00 bits per heavy atom. The lowest BCUT2D eigenvalue weighted by Crippen LogP contribution is -2.19. The molecule has 0 saturated carbocycles. The van der Waals surface area contributed by atoms with Gasteiger partial charge in [-0.15, -0.1) is 0 Å². The monoisotopic (exact) mass is 437 g/mol. The fourth-order valence-electron chi connectivity index (χ4n) is 2.51.